The molecule has 0 heterocycles. The second-order valence-corrected chi connectivity index (χ2v) is 4.05. The number of Topliss-reactive ketones (excluding diaryl/α,β-unsaturated/α-hetero) is 1. The molecule has 1 heteroatoms. The van der Waals surface area contributed by atoms with Gasteiger partial charge < -0.3 is 0 Å². The minimum absolute atomic E-state index is 0.166. The van der Waals surface area contributed by atoms with Crippen LogP contribution in [0.15, 0.2) is 24.3 Å². The van der Waals surface area contributed by atoms with Crippen LogP contribution >= 0.6 is 0 Å². The van der Waals surface area contributed by atoms with Gasteiger partial charge >= 0.3 is 0 Å². The SMILES string of the molecule is Cc1ccccc1CCC(=O)C(C)C. The molecule has 0 radical (unpaired) electrons. The summed E-state index contributed by atoms with van der Waals surface area (Å²) in [4.78, 5) is 11.4. The van der Waals surface area contributed by atoms with E-state index in [0.29, 0.717) is 12.2 Å². The lowest BCUT2D eigenvalue weighted by molar-refractivity contribution is -0.121. The molecule has 76 valence electrons. The Bertz CT molecular complexity index is 313. The first-order chi connectivity index (χ1) is 6.61. The average molecular weight is 190 g/mol. The largest absolute Gasteiger partial charge is 0.299 e. The molecule has 0 amide bonds. The minimum atomic E-state index is 0.166. The van der Waals surface area contributed by atoms with Crippen molar-refractivity contribution >= 4 is 5.78 Å². The van der Waals surface area contributed by atoms with Gasteiger partial charge in [-0.25, -0.2) is 0 Å². The van der Waals surface area contributed by atoms with Gasteiger partial charge in [0, 0.05) is 12.3 Å². The maximum Gasteiger partial charge on any atom is 0.135 e. The van der Waals surface area contributed by atoms with Gasteiger partial charge in [0.05, 0.1) is 0 Å². The van der Waals surface area contributed by atoms with Crippen molar-refractivity contribution in [3.8, 4) is 0 Å². The Kier molecular flexibility index (Phi) is 3.87. The lowest BCUT2D eigenvalue weighted by Crippen LogP contribution is -2.08. The van der Waals surface area contributed by atoms with Crippen LogP contribution in [-0.4, -0.2) is 5.78 Å². The first kappa shape index (κ1) is 11.0. The quantitative estimate of drug-likeness (QED) is 0.712. The molecular weight excluding hydrogens is 172 g/mol. The van der Waals surface area contributed by atoms with Crippen LogP contribution in [0.1, 0.15) is 31.4 Å². The smallest absolute Gasteiger partial charge is 0.135 e. The summed E-state index contributed by atoms with van der Waals surface area (Å²) in [5, 5.41) is 0. The second kappa shape index (κ2) is 4.94. The fourth-order valence-electron chi connectivity index (χ4n) is 1.44. The summed E-state index contributed by atoms with van der Waals surface area (Å²) >= 11 is 0. The lowest BCUT2D eigenvalue weighted by Gasteiger charge is -2.06. The van der Waals surface area contributed by atoms with Gasteiger partial charge in [-0.05, 0) is 24.5 Å². The Morgan fingerprint density at radius 1 is 1.29 bits per heavy atom. The summed E-state index contributed by atoms with van der Waals surface area (Å²) in [5.41, 5.74) is 2.57. The van der Waals surface area contributed by atoms with Crippen LogP contribution in [0.25, 0.3) is 0 Å². The number of carbonyl (C=O) groups is 1. The topological polar surface area (TPSA) is 17.1 Å². The van der Waals surface area contributed by atoms with Crippen molar-refractivity contribution in [1.82, 2.24) is 0 Å². The minimum Gasteiger partial charge on any atom is -0.299 e. The van der Waals surface area contributed by atoms with Gasteiger partial charge in [-0.1, -0.05) is 38.1 Å². The lowest BCUT2D eigenvalue weighted by atomic mass is 9.98. The molecule has 1 aromatic rings. The first-order valence-corrected chi connectivity index (χ1v) is 5.18. The highest BCUT2D eigenvalue weighted by Crippen LogP contribution is 2.11. The van der Waals surface area contributed by atoms with E-state index in [0.717, 1.165) is 6.42 Å². The zero-order valence-corrected chi connectivity index (χ0v) is 9.21. The highest BCUT2D eigenvalue weighted by atomic mass is 16.1. The Balaban J connectivity index is 2.54. The number of benzene rings is 1. The maximum absolute atomic E-state index is 11.4. The molecule has 0 aliphatic heterocycles. The predicted molar refractivity (Wildman–Crippen MR) is 59.3 cm³/mol. The van der Waals surface area contributed by atoms with Crippen molar-refractivity contribution in [2.75, 3.05) is 0 Å². The van der Waals surface area contributed by atoms with Gasteiger partial charge in [-0.3, -0.25) is 4.79 Å². The number of rotatable bonds is 4. The monoisotopic (exact) mass is 190 g/mol. The van der Waals surface area contributed by atoms with Crippen molar-refractivity contribution in [2.45, 2.75) is 33.6 Å². The Morgan fingerprint density at radius 3 is 2.50 bits per heavy atom. The van der Waals surface area contributed by atoms with Crippen LogP contribution < -0.4 is 0 Å². The van der Waals surface area contributed by atoms with Crippen molar-refractivity contribution in [3.63, 3.8) is 0 Å². The number of carbonyl (C=O) groups excluding carboxylic acids is 1. The van der Waals surface area contributed by atoms with Crippen LogP contribution in [0.4, 0.5) is 0 Å². The molecule has 0 atom stereocenters. The highest BCUT2D eigenvalue weighted by Gasteiger charge is 2.07. The molecular formula is C13H18O. The molecule has 0 aliphatic carbocycles. The molecule has 1 rings (SSSR count). The van der Waals surface area contributed by atoms with Crippen molar-refractivity contribution in [3.05, 3.63) is 35.4 Å². The molecule has 0 saturated heterocycles. The van der Waals surface area contributed by atoms with Crippen molar-refractivity contribution in [1.29, 1.82) is 0 Å². The van der Waals surface area contributed by atoms with E-state index in [1.807, 2.05) is 26.0 Å². The third kappa shape index (κ3) is 2.99. The van der Waals surface area contributed by atoms with Crippen molar-refractivity contribution in [2.24, 2.45) is 5.92 Å². The van der Waals surface area contributed by atoms with E-state index < -0.39 is 0 Å². The number of aryl methyl sites for hydroxylation is 2. The van der Waals surface area contributed by atoms with E-state index in [4.69, 9.17) is 0 Å². The number of hydrogen-bond donors (Lipinski definition) is 0. The van der Waals surface area contributed by atoms with Crippen molar-refractivity contribution < 1.29 is 4.79 Å². The van der Waals surface area contributed by atoms with Gasteiger partial charge in [0.2, 0.25) is 0 Å². The standard InChI is InChI=1S/C13H18O/c1-10(2)13(14)9-8-12-7-5-4-6-11(12)3/h4-7,10H,8-9H2,1-3H3. The van der Waals surface area contributed by atoms with Crippen LogP contribution in [0.2, 0.25) is 0 Å². The maximum atomic E-state index is 11.4. The molecule has 1 nitrogen and oxygen atoms in total. The van der Waals surface area contributed by atoms with E-state index in [-0.39, 0.29) is 5.92 Å². The second-order valence-electron chi connectivity index (χ2n) is 4.05. The Morgan fingerprint density at radius 2 is 1.93 bits per heavy atom. The Labute approximate surface area is 86.1 Å². The average Bonchev–Trinajstić information content (AvgIpc) is 2.16. The van der Waals surface area contributed by atoms with Gasteiger partial charge in [0.1, 0.15) is 5.78 Å². The molecule has 0 unspecified atom stereocenters. The molecule has 0 fully saturated rings. The summed E-state index contributed by atoms with van der Waals surface area (Å²) in [6.07, 6.45) is 1.55. The van der Waals surface area contributed by atoms with Gasteiger partial charge in [-0.2, -0.15) is 0 Å². The Hall–Kier alpha value is -1.11. The zero-order valence-electron chi connectivity index (χ0n) is 9.21. The molecule has 14 heavy (non-hydrogen) atoms. The first-order valence-electron chi connectivity index (χ1n) is 5.18. The van der Waals surface area contributed by atoms with Crippen LogP contribution in [0.3, 0.4) is 0 Å². The van der Waals surface area contributed by atoms with E-state index >= 15 is 0 Å². The van der Waals surface area contributed by atoms with Gasteiger partial charge in [-0.15, -0.1) is 0 Å². The summed E-state index contributed by atoms with van der Waals surface area (Å²) < 4.78 is 0. The summed E-state index contributed by atoms with van der Waals surface area (Å²) in [5.74, 6) is 0.521. The van der Waals surface area contributed by atoms with Crippen LogP contribution in [0, 0.1) is 12.8 Å². The molecule has 0 N–H and O–H groups in total. The van der Waals surface area contributed by atoms with Gasteiger partial charge in [0.25, 0.3) is 0 Å². The zero-order chi connectivity index (χ0) is 10.6. The summed E-state index contributed by atoms with van der Waals surface area (Å²) in [7, 11) is 0. The van der Waals surface area contributed by atoms with E-state index in [1.54, 1.807) is 0 Å². The fraction of sp³-hybridized carbons (Fsp3) is 0.462. The third-order valence-electron chi connectivity index (χ3n) is 2.55. The van der Waals surface area contributed by atoms with E-state index in [2.05, 4.69) is 19.1 Å². The van der Waals surface area contributed by atoms with Gasteiger partial charge in [0.15, 0.2) is 0 Å². The number of hydrogen-bond acceptors (Lipinski definition) is 1. The molecule has 1 aromatic carbocycles. The summed E-state index contributed by atoms with van der Waals surface area (Å²) in [6.45, 7) is 6.01. The summed E-state index contributed by atoms with van der Waals surface area (Å²) in [6, 6.07) is 8.25. The normalized spacial score (nSPS) is 10.6. The molecule has 0 aromatic heterocycles. The highest BCUT2D eigenvalue weighted by molar-refractivity contribution is 5.80. The predicted octanol–water partition coefficient (Wildman–Crippen LogP) is 3.15. The van der Waals surface area contributed by atoms with Crippen LogP contribution in [0.5, 0.6) is 0 Å². The molecule has 0 aliphatic rings. The third-order valence-corrected chi connectivity index (χ3v) is 2.55. The molecule has 0 saturated carbocycles. The molecule has 0 spiro atoms. The number of ketones is 1. The van der Waals surface area contributed by atoms with E-state index in [1.165, 1.54) is 11.1 Å². The van der Waals surface area contributed by atoms with Crippen LogP contribution in [-0.2, 0) is 11.2 Å². The van der Waals surface area contributed by atoms with E-state index in [9.17, 15) is 4.79 Å². The fourth-order valence-corrected chi connectivity index (χ4v) is 1.44. The molecule has 0 bridgehead atoms.